The lowest BCUT2D eigenvalue weighted by Gasteiger charge is -2.07. The summed E-state index contributed by atoms with van der Waals surface area (Å²) in [7, 11) is 1.65. The third-order valence-corrected chi connectivity index (χ3v) is 1.83. The smallest absolute Gasteiger partial charge is 0.111 e. The number of hydrogen-bond acceptors (Lipinski definition) is 3. The van der Waals surface area contributed by atoms with E-state index < -0.39 is 0 Å². The van der Waals surface area contributed by atoms with Gasteiger partial charge in [0.1, 0.15) is 6.61 Å². The van der Waals surface area contributed by atoms with E-state index in [1.807, 2.05) is 6.92 Å². The van der Waals surface area contributed by atoms with Crippen molar-refractivity contribution in [3.8, 4) is 0 Å². The molecule has 0 aromatic rings. The Kier molecular flexibility index (Phi) is 8.28. The largest absolute Gasteiger partial charge is 0.496 e. The molecule has 0 amide bonds. The Hall–Kier alpha value is -0.800. The molecule has 0 saturated heterocycles. The monoisotopic (exact) mass is 199 g/mol. The molecule has 0 aliphatic rings. The lowest BCUT2D eigenvalue weighted by molar-refractivity contribution is 0.107. The second-order valence-corrected chi connectivity index (χ2v) is 3.17. The van der Waals surface area contributed by atoms with Crippen LogP contribution in [0, 0.1) is 0 Å². The highest BCUT2D eigenvalue weighted by molar-refractivity contribution is 5.00. The minimum Gasteiger partial charge on any atom is -0.496 e. The molecule has 0 spiro atoms. The average Bonchev–Trinajstić information content (AvgIpc) is 2.18. The molecule has 0 heterocycles. The second kappa shape index (κ2) is 8.78. The summed E-state index contributed by atoms with van der Waals surface area (Å²) in [5.41, 5.74) is 6.65. The van der Waals surface area contributed by atoms with Crippen LogP contribution < -0.4 is 5.73 Å². The van der Waals surface area contributed by atoms with Crippen LogP contribution >= 0.6 is 0 Å². The SMILES string of the molecule is C=C(CC/C=C(\C)CN)OCCOC. The topological polar surface area (TPSA) is 44.5 Å². The summed E-state index contributed by atoms with van der Waals surface area (Å²) in [6.07, 6.45) is 3.90. The standard InChI is InChI=1S/C11H21NO2/c1-10(9-12)5-4-6-11(2)14-8-7-13-3/h5H,2,4,6-9,12H2,1,3H3/b10-5+. The van der Waals surface area contributed by atoms with Crippen LogP contribution in [0.4, 0.5) is 0 Å². The fourth-order valence-electron chi connectivity index (χ4n) is 0.904. The molecule has 0 atom stereocenters. The summed E-state index contributed by atoms with van der Waals surface area (Å²) in [5, 5.41) is 0. The molecule has 3 heteroatoms. The van der Waals surface area contributed by atoms with Gasteiger partial charge < -0.3 is 15.2 Å². The lowest BCUT2D eigenvalue weighted by atomic mass is 10.2. The van der Waals surface area contributed by atoms with Gasteiger partial charge in [0.15, 0.2) is 0 Å². The maximum Gasteiger partial charge on any atom is 0.111 e. The molecule has 0 rings (SSSR count). The fraction of sp³-hybridized carbons (Fsp3) is 0.636. The van der Waals surface area contributed by atoms with Crippen molar-refractivity contribution >= 4 is 0 Å². The Morgan fingerprint density at radius 3 is 2.71 bits per heavy atom. The second-order valence-electron chi connectivity index (χ2n) is 3.17. The zero-order valence-electron chi connectivity index (χ0n) is 9.21. The van der Waals surface area contributed by atoms with Gasteiger partial charge in [0.2, 0.25) is 0 Å². The lowest BCUT2D eigenvalue weighted by Crippen LogP contribution is -2.01. The number of hydrogen-bond donors (Lipinski definition) is 1. The van der Waals surface area contributed by atoms with E-state index in [0.717, 1.165) is 18.6 Å². The van der Waals surface area contributed by atoms with Crippen LogP contribution in [0.25, 0.3) is 0 Å². The molecule has 14 heavy (non-hydrogen) atoms. The Morgan fingerprint density at radius 2 is 2.14 bits per heavy atom. The predicted octanol–water partition coefficient (Wildman–Crippen LogP) is 1.85. The van der Waals surface area contributed by atoms with Crippen molar-refractivity contribution in [2.75, 3.05) is 26.9 Å². The highest BCUT2D eigenvalue weighted by Crippen LogP contribution is 2.06. The molecule has 2 N–H and O–H groups in total. The van der Waals surface area contributed by atoms with E-state index >= 15 is 0 Å². The van der Waals surface area contributed by atoms with Crippen LogP contribution in [-0.4, -0.2) is 26.9 Å². The van der Waals surface area contributed by atoms with Crippen LogP contribution in [0.5, 0.6) is 0 Å². The predicted molar refractivity (Wildman–Crippen MR) is 59.0 cm³/mol. The highest BCUT2D eigenvalue weighted by atomic mass is 16.5. The first kappa shape index (κ1) is 13.2. The minimum atomic E-state index is 0.578. The van der Waals surface area contributed by atoms with E-state index in [1.165, 1.54) is 5.57 Å². The maximum absolute atomic E-state index is 5.45. The maximum atomic E-state index is 5.45. The molecule has 0 aliphatic heterocycles. The summed E-state index contributed by atoms with van der Waals surface area (Å²) in [6.45, 7) is 7.64. The average molecular weight is 199 g/mol. The molecule has 0 aromatic heterocycles. The van der Waals surface area contributed by atoms with Crippen molar-refractivity contribution in [3.05, 3.63) is 24.0 Å². The summed E-state index contributed by atoms with van der Waals surface area (Å²) >= 11 is 0. The van der Waals surface area contributed by atoms with E-state index in [0.29, 0.717) is 19.8 Å². The number of ether oxygens (including phenoxy) is 2. The molecule has 0 bridgehead atoms. The molecular formula is C11H21NO2. The zero-order chi connectivity index (χ0) is 10.8. The summed E-state index contributed by atoms with van der Waals surface area (Å²) in [6, 6.07) is 0. The first-order valence-electron chi connectivity index (χ1n) is 4.86. The molecule has 0 aliphatic carbocycles. The van der Waals surface area contributed by atoms with Crippen LogP contribution in [0.3, 0.4) is 0 Å². The van der Waals surface area contributed by atoms with E-state index in [1.54, 1.807) is 7.11 Å². The van der Waals surface area contributed by atoms with Crippen molar-refractivity contribution in [2.45, 2.75) is 19.8 Å². The van der Waals surface area contributed by atoms with Crippen molar-refractivity contribution in [3.63, 3.8) is 0 Å². The first-order chi connectivity index (χ1) is 6.70. The van der Waals surface area contributed by atoms with Gasteiger partial charge in [-0.2, -0.15) is 0 Å². The Labute approximate surface area is 86.6 Å². The van der Waals surface area contributed by atoms with Crippen LogP contribution in [0.2, 0.25) is 0 Å². The Bertz CT molecular complexity index is 188. The summed E-state index contributed by atoms with van der Waals surface area (Å²) in [5.74, 6) is 0.808. The van der Waals surface area contributed by atoms with Crippen molar-refractivity contribution in [1.29, 1.82) is 0 Å². The third kappa shape index (κ3) is 7.83. The molecule has 0 unspecified atom stereocenters. The quantitative estimate of drug-likeness (QED) is 0.368. The Morgan fingerprint density at radius 1 is 1.43 bits per heavy atom. The number of allylic oxidation sites excluding steroid dienone is 2. The van der Waals surface area contributed by atoms with Crippen LogP contribution in [-0.2, 0) is 9.47 Å². The summed E-state index contributed by atoms with van der Waals surface area (Å²) in [4.78, 5) is 0. The normalized spacial score (nSPS) is 11.5. The number of methoxy groups -OCH3 is 1. The van der Waals surface area contributed by atoms with Gasteiger partial charge >= 0.3 is 0 Å². The van der Waals surface area contributed by atoms with Crippen molar-refractivity contribution in [1.82, 2.24) is 0 Å². The van der Waals surface area contributed by atoms with Gasteiger partial charge in [-0.3, -0.25) is 0 Å². The first-order valence-corrected chi connectivity index (χ1v) is 4.86. The molecule has 0 radical (unpaired) electrons. The minimum absolute atomic E-state index is 0.578. The molecule has 82 valence electrons. The number of nitrogens with two attached hydrogens (primary N) is 1. The van der Waals surface area contributed by atoms with Crippen molar-refractivity contribution in [2.24, 2.45) is 5.73 Å². The Balaban J connectivity index is 3.44. The van der Waals surface area contributed by atoms with Gasteiger partial charge in [-0.1, -0.05) is 18.2 Å². The van der Waals surface area contributed by atoms with E-state index in [2.05, 4.69) is 12.7 Å². The third-order valence-electron chi connectivity index (χ3n) is 1.83. The van der Waals surface area contributed by atoms with Gasteiger partial charge in [0.25, 0.3) is 0 Å². The zero-order valence-corrected chi connectivity index (χ0v) is 9.21. The van der Waals surface area contributed by atoms with Crippen molar-refractivity contribution < 1.29 is 9.47 Å². The molecule has 0 aromatic carbocycles. The van der Waals surface area contributed by atoms with E-state index in [9.17, 15) is 0 Å². The van der Waals surface area contributed by atoms with Gasteiger partial charge in [-0.25, -0.2) is 0 Å². The van der Waals surface area contributed by atoms with Gasteiger partial charge in [0, 0.05) is 20.1 Å². The molecule has 3 nitrogen and oxygen atoms in total. The fourth-order valence-corrected chi connectivity index (χ4v) is 0.904. The molecule has 0 fully saturated rings. The van der Waals surface area contributed by atoms with Gasteiger partial charge in [-0.05, 0) is 13.3 Å². The summed E-state index contributed by atoms with van der Waals surface area (Å²) < 4.78 is 10.2. The van der Waals surface area contributed by atoms with Gasteiger partial charge in [0.05, 0.1) is 12.4 Å². The molecular weight excluding hydrogens is 178 g/mol. The molecule has 0 saturated carbocycles. The highest BCUT2D eigenvalue weighted by Gasteiger charge is 1.94. The van der Waals surface area contributed by atoms with Crippen LogP contribution in [0.1, 0.15) is 19.8 Å². The van der Waals surface area contributed by atoms with Gasteiger partial charge in [-0.15, -0.1) is 0 Å². The van der Waals surface area contributed by atoms with E-state index in [4.69, 9.17) is 15.2 Å². The van der Waals surface area contributed by atoms with E-state index in [-0.39, 0.29) is 0 Å². The number of rotatable bonds is 8. The van der Waals surface area contributed by atoms with Crippen LogP contribution in [0.15, 0.2) is 24.0 Å².